The van der Waals surface area contributed by atoms with Crippen LogP contribution in [-0.2, 0) is 11.0 Å². The second-order valence-corrected chi connectivity index (χ2v) is 8.51. The van der Waals surface area contributed by atoms with E-state index in [4.69, 9.17) is 0 Å². The summed E-state index contributed by atoms with van der Waals surface area (Å²) in [5, 5.41) is 15.0. The third kappa shape index (κ3) is 1.90. The van der Waals surface area contributed by atoms with Crippen LogP contribution < -0.4 is 5.32 Å². The fraction of sp³-hybridized carbons (Fsp3) is 0.455. The monoisotopic (exact) mass is 319 g/mol. The molecule has 2 atom stereocenters. The van der Waals surface area contributed by atoms with Crippen molar-refractivity contribution in [3.8, 4) is 11.1 Å². The molecule has 2 unspecified atom stereocenters. The second-order valence-electron chi connectivity index (χ2n) is 8.51. The van der Waals surface area contributed by atoms with Gasteiger partial charge >= 0.3 is 0 Å². The molecule has 0 spiro atoms. The van der Waals surface area contributed by atoms with E-state index in [2.05, 4.69) is 61.6 Å². The largest absolute Gasteiger partial charge is 0.385 e. The van der Waals surface area contributed by atoms with Crippen molar-refractivity contribution < 1.29 is 5.11 Å². The standard InChI is InChI=1S/C22H25NO/c1-21(2)19-6-4-3-5-17(19)18-10-7-14(11-20(18)21)22(24)12-15-8-9-16(13-22)23-15/h3-7,10-11,15-16,23-24H,8-9,12-13H2,1-2H3. The van der Waals surface area contributed by atoms with E-state index < -0.39 is 5.60 Å². The SMILES string of the molecule is CC1(C)c2ccccc2-c2ccc(C3(O)CC4CCC(C3)N4)cc21. The molecule has 2 saturated heterocycles. The molecule has 2 heterocycles. The van der Waals surface area contributed by atoms with Gasteiger partial charge in [-0.05, 0) is 53.5 Å². The van der Waals surface area contributed by atoms with Crippen LogP contribution in [0.5, 0.6) is 0 Å². The maximum atomic E-state index is 11.4. The molecule has 24 heavy (non-hydrogen) atoms. The van der Waals surface area contributed by atoms with Gasteiger partial charge in [-0.2, -0.15) is 0 Å². The van der Waals surface area contributed by atoms with Gasteiger partial charge in [-0.1, -0.05) is 56.3 Å². The highest BCUT2D eigenvalue weighted by Gasteiger charge is 2.44. The number of hydrogen-bond acceptors (Lipinski definition) is 2. The molecule has 2 heteroatoms. The quantitative estimate of drug-likeness (QED) is 0.829. The van der Waals surface area contributed by atoms with Gasteiger partial charge in [-0.3, -0.25) is 0 Å². The Hall–Kier alpha value is -1.64. The molecule has 5 rings (SSSR count). The zero-order chi connectivity index (χ0) is 16.5. The van der Waals surface area contributed by atoms with Crippen molar-refractivity contribution in [3.63, 3.8) is 0 Å². The maximum Gasteiger partial charge on any atom is 0.0926 e. The highest BCUT2D eigenvalue weighted by Crippen LogP contribution is 2.50. The Morgan fingerprint density at radius 3 is 2.33 bits per heavy atom. The lowest BCUT2D eigenvalue weighted by molar-refractivity contribution is -0.0115. The zero-order valence-corrected chi connectivity index (χ0v) is 14.5. The van der Waals surface area contributed by atoms with Crippen molar-refractivity contribution in [1.82, 2.24) is 5.32 Å². The van der Waals surface area contributed by atoms with Crippen molar-refractivity contribution in [3.05, 3.63) is 59.2 Å². The van der Waals surface area contributed by atoms with Crippen LogP contribution in [0.2, 0.25) is 0 Å². The van der Waals surface area contributed by atoms with E-state index in [1.165, 1.54) is 35.1 Å². The van der Waals surface area contributed by atoms with Crippen molar-refractivity contribution in [2.24, 2.45) is 0 Å². The average Bonchev–Trinajstić information content (AvgIpc) is 3.03. The third-order valence-electron chi connectivity index (χ3n) is 6.62. The number of aliphatic hydroxyl groups is 1. The van der Waals surface area contributed by atoms with Crippen LogP contribution >= 0.6 is 0 Å². The van der Waals surface area contributed by atoms with Gasteiger partial charge in [0.15, 0.2) is 0 Å². The van der Waals surface area contributed by atoms with E-state index in [1.54, 1.807) is 0 Å². The number of piperidine rings is 1. The van der Waals surface area contributed by atoms with Gasteiger partial charge in [-0.15, -0.1) is 0 Å². The zero-order valence-electron chi connectivity index (χ0n) is 14.5. The van der Waals surface area contributed by atoms with Crippen LogP contribution in [-0.4, -0.2) is 17.2 Å². The maximum absolute atomic E-state index is 11.4. The van der Waals surface area contributed by atoms with Crippen LogP contribution in [0, 0.1) is 0 Å². The van der Waals surface area contributed by atoms with E-state index in [0.29, 0.717) is 12.1 Å². The van der Waals surface area contributed by atoms with Crippen LogP contribution in [0.4, 0.5) is 0 Å². The molecular formula is C22H25NO. The van der Waals surface area contributed by atoms with Crippen molar-refractivity contribution >= 4 is 0 Å². The van der Waals surface area contributed by atoms with Gasteiger partial charge in [-0.25, -0.2) is 0 Å². The molecule has 0 saturated carbocycles. The first-order valence-electron chi connectivity index (χ1n) is 9.21. The van der Waals surface area contributed by atoms with Gasteiger partial charge in [0, 0.05) is 17.5 Å². The molecule has 0 amide bonds. The van der Waals surface area contributed by atoms with Gasteiger partial charge in [0.2, 0.25) is 0 Å². The minimum atomic E-state index is -0.670. The third-order valence-corrected chi connectivity index (χ3v) is 6.62. The summed E-state index contributed by atoms with van der Waals surface area (Å²) < 4.78 is 0. The lowest BCUT2D eigenvalue weighted by atomic mass is 9.77. The number of fused-ring (bicyclic) bond motifs is 5. The lowest BCUT2D eigenvalue weighted by Crippen LogP contribution is -2.46. The van der Waals surface area contributed by atoms with Crippen LogP contribution in [0.15, 0.2) is 42.5 Å². The van der Waals surface area contributed by atoms with Crippen LogP contribution in [0.3, 0.4) is 0 Å². The summed E-state index contributed by atoms with van der Waals surface area (Å²) in [6.45, 7) is 4.61. The average molecular weight is 319 g/mol. The number of nitrogens with one attached hydrogen (secondary N) is 1. The molecule has 2 N–H and O–H groups in total. The summed E-state index contributed by atoms with van der Waals surface area (Å²) in [5.74, 6) is 0. The summed E-state index contributed by atoms with van der Waals surface area (Å²) in [6, 6.07) is 16.4. The molecule has 1 aliphatic carbocycles. The first kappa shape index (κ1) is 14.7. The van der Waals surface area contributed by atoms with Crippen molar-refractivity contribution in [1.29, 1.82) is 0 Å². The number of rotatable bonds is 1. The lowest BCUT2D eigenvalue weighted by Gasteiger charge is -2.38. The van der Waals surface area contributed by atoms with Crippen LogP contribution in [0.1, 0.15) is 56.2 Å². The molecule has 2 bridgehead atoms. The minimum absolute atomic E-state index is 0.00416. The summed E-state index contributed by atoms with van der Waals surface area (Å²) in [5.41, 5.74) is 5.89. The van der Waals surface area contributed by atoms with E-state index in [-0.39, 0.29) is 5.41 Å². The number of benzene rings is 2. The summed E-state index contributed by atoms with van der Waals surface area (Å²) in [7, 11) is 0. The van der Waals surface area contributed by atoms with E-state index >= 15 is 0 Å². The smallest absolute Gasteiger partial charge is 0.0926 e. The molecule has 2 aliphatic heterocycles. The Kier molecular flexibility index (Phi) is 2.88. The highest BCUT2D eigenvalue weighted by molar-refractivity contribution is 5.81. The first-order chi connectivity index (χ1) is 11.5. The second kappa shape index (κ2) is 4.71. The minimum Gasteiger partial charge on any atom is -0.385 e. The van der Waals surface area contributed by atoms with E-state index in [0.717, 1.165) is 18.4 Å². The predicted molar refractivity (Wildman–Crippen MR) is 97.1 cm³/mol. The summed E-state index contributed by atoms with van der Waals surface area (Å²) in [4.78, 5) is 0. The Labute approximate surface area is 143 Å². The van der Waals surface area contributed by atoms with Gasteiger partial charge < -0.3 is 10.4 Å². The normalized spacial score (nSPS) is 32.5. The van der Waals surface area contributed by atoms with Gasteiger partial charge in [0.1, 0.15) is 0 Å². The number of hydrogen-bond donors (Lipinski definition) is 2. The summed E-state index contributed by atoms with van der Waals surface area (Å²) >= 11 is 0. The van der Waals surface area contributed by atoms with E-state index in [1.807, 2.05) is 0 Å². The molecule has 2 aromatic rings. The van der Waals surface area contributed by atoms with Gasteiger partial charge in [0.05, 0.1) is 5.60 Å². The molecule has 2 aromatic carbocycles. The Balaban J connectivity index is 1.62. The molecule has 2 fully saturated rings. The first-order valence-corrected chi connectivity index (χ1v) is 9.21. The fourth-order valence-electron chi connectivity index (χ4n) is 5.35. The molecule has 0 radical (unpaired) electrons. The van der Waals surface area contributed by atoms with Gasteiger partial charge in [0.25, 0.3) is 0 Å². The predicted octanol–water partition coefficient (Wildman–Crippen LogP) is 4.09. The van der Waals surface area contributed by atoms with E-state index in [9.17, 15) is 5.11 Å². The molecular weight excluding hydrogens is 294 g/mol. The molecule has 2 nitrogen and oxygen atoms in total. The Morgan fingerprint density at radius 2 is 1.58 bits per heavy atom. The summed E-state index contributed by atoms with van der Waals surface area (Å²) in [6.07, 6.45) is 4.09. The van der Waals surface area contributed by atoms with Crippen LogP contribution in [0.25, 0.3) is 11.1 Å². The fourth-order valence-corrected chi connectivity index (χ4v) is 5.35. The van der Waals surface area contributed by atoms with Crippen molar-refractivity contribution in [2.75, 3.05) is 0 Å². The Morgan fingerprint density at radius 1 is 0.917 bits per heavy atom. The molecule has 3 aliphatic rings. The molecule has 124 valence electrons. The Bertz CT molecular complexity index is 810. The topological polar surface area (TPSA) is 32.3 Å². The van der Waals surface area contributed by atoms with Crippen molar-refractivity contribution in [2.45, 2.75) is 62.6 Å². The molecule has 0 aromatic heterocycles. The highest BCUT2D eigenvalue weighted by atomic mass is 16.3.